The molecule has 7 nitrogen and oxygen atoms in total. The largest absolute Gasteiger partial charge is 0.497 e. The highest BCUT2D eigenvalue weighted by atomic mass is 35.5. The van der Waals surface area contributed by atoms with Gasteiger partial charge in [-0.2, -0.15) is 9.61 Å². The summed E-state index contributed by atoms with van der Waals surface area (Å²) in [6.45, 7) is 2.07. The summed E-state index contributed by atoms with van der Waals surface area (Å²) in [5, 5.41) is 16.0. The molecule has 0 saturated carbocycles. The van der Waals surface area contributed by atoms with E-state index in [-0.39, 0.29) is 0 Å². The van der Waals surface area contributed by atoms with Crippen molar-refractivity contribution in [1.29, 1.82) is 0 Å². The molecule has 0 aliphatic carbocycles. The van der Waals surface area contributed by atoms with Crippen LogP contribution in [-0.4, -0.2) is 39.0 Å². The predicted molar refractivity (Wildman–Crippen MR) is 118 cm³/mol. The average molecular weight is 440 g/mol. The van der Waals surface area contributed by atoms with Gasteiger partial charge in [-0.3, -0.25) is 0 Å². The minimum absolute atomic E-state index is 0.569. The molecule has 3 heterocycles. The Morgan fingerprint density at radius 3 is 2.63 bits per heavy atom. The summed E-state index contributed by atoms with van der Waals surface area (Å²) in [4.78, 5) is 4.16. The molecule has 3 aromatic heterocycles. The Bertz CT molecular complexity index is 1390. The molecule has 0 radical (unpaired) electrons. The van der Waals surface area contributed by atoms with Crippen LogP contribution in [0.15, 0.2) is 36.4 Å². The molecule has 0 unspecified atom stereocenters. The van der Waals surface area contributed by atoms with E-state index in [0.717, 1.165) is 32.9 Å². The van der Waals surface area contributed by atoms with E-state index in [1.807, 2.05) is 24.3 Å². The molecule has 0 aliphatic rings. The Kier molecular flexibility index (Phi) is 4.60. The number of H-pyrrole nitrogens is 1. The summed E-state index contributed by atoms with van der Waals surface area (Å²) in [5.74, 6) is 2.12. The first-order valence-corrected chi connectivity index (χ1v) is 10.5. The minimum Gasteiger partial charge on any atom is -0.497 e. The average Bonchev–Trinajstić information content (AvgIpc) is 3.41. The Morgan fingerprint density at radius 1 is 1.07 bits per heavy atom. The lowest BCUT2D eigenvalue weighted by molar-refractivity contribution is 0.415. The second kappa shape index (κ2) is 7.30. The molecular weight excluding hydrogens is 422 g/mol. The van der Waals surface area contributed by atoms with Gasteiger partial charge in [0.05, 0.1) is 19.2 Å². The van der Waals surface area contributed by atoms with Gasteiger partial charge in [0.1, 0.15) is 16.5 Å². The number of hydrogen-bond donors (Lipinski definition) is 1. The van der Waals surface area contributed by atoms with Gasteiger partial charge in [0.2, 0.25) is 4.96 Å². The SMILES string of the molecule is COc1ccc(Cl)c(-c2nnc3sc(Cc4c(C)[nH]c5ccc(OC)cc45)nn23)c1. The molecule has 152 valence electrons. The molecule has 0 fully saturated rings. The van der Waals surface area contributed by atoms with Crippen LogP contribution in [0.5, 0.6) is 11.5 Å². The molecule has 30 heavy (non-hydrogen) atoms. The molecule has 0 bridgehead atoms. The van der Waals surface area contributed by atoms with E-state index in [2.05, 4.69) is 28.2 Å². The number of rotatable bonds is 5. The van der Waals surface area contributed by atoms with Crippen molar-refractivity contribution in [2.24, 2.45) is 0 Å². The van der Waals surface area contributed by atoms with Crippen molar-refractivity contribution in [3.63, 3.8) is 0 Å². The molecule has 0 atom stereocenters. The number of fused-ring (bicyclic) bond motifs is 2. The number of benzene rings is 2. The van der Waals surface area contributed by atoms with Crippen molar-refractivity contribution in [1.82, 2.24) is 24.8 Å². The molecule has 2 aromatic carbocycles. The van der Waals surface area contributed by atoms with E-state index < -0.39 is 0 Å². The first-order valence-electron chi connectivity index (χ1n) is 9.27. The van der Waals surface area contributed by atoms with Crippen LogP contribution in [0.25, 0.3) is 27.3 Å². The Morgan fingerprint density at radius 2 is 1.83 bits per heavy atom. The number of aromatic amines is 1. The van der Waals surface area contributed by atoms with Gasteiger partial charge in [-0.05, 0) is 48.9 Å². The summed E-state index contributed by atoms with van der Waals surface area (Å²) >= 11 is 7.92. The van der Waals surface area contributed by atoms with E-state index in [9.17, 15) is 0 Å². The van der Waals surface area contributed by atoms with Crippen molar-refractivity contribution in [3.8, 4) is 22.9 Å². The summed E-state index contributed by atoms with van der Waals surface area (Å²) < 4.78 is 12.5. The smallest absolute Gasteiger partial charge is 0.234 e. The van der Waals surface area contributed by atoms with Gasteiger partial charge in [0.15, 0.2) is 5.82 Å². The summed E-state index contributed by atoms with van der Waals surface area (Å²) in [6, 6.07) is 11.5. The van der Waals surface area contributed by atoms with E-state index in [1.165, 1.54) is 16.9 Å². The van der Waals surface area contributed by atoms with Gasteiger partial charge in [0, 0.05) is 28.6 Å². The second-order valence-electron chi connectivity index (χ2n) is 6.88. The number of nitrogens with zero attached hydrogens (tertiary/aromatic N) is 4. The third-order valence-corrected chi connectivity index (χ3v) is 6.33. The van der Waals surface area contributed by atoms with E-state index in [4.69, 9.17) is 26.2 Å². The molecule has 5 rings (SSSR count). The van der Waals surface area contributed by atoms with Crippen molar-refractivity contribution in [2.45, 2.75) is 13.3 Å². The molecule has 0 amide bonds. The summed E-state index contributed by atoms with van der Waals surface area (Å²) in [7, 11) is 3.29. The molecular formula is C21H18ClN5O2S. The Labute approximate surface area is 181 Å². The number of methoxy groups -OCH3 is 2. The number of nitrogens with one attached hydrogen (secondary N) is 1. The molecule has 9 heteroatoms. The number of ether oxygens (including phenoxy) is 2. The van der Waals surface area contributed by atoms with Crippen LogP contribution in [0.3, 0.4) is 0 Å². The Balaban J connectivity index is 1.57. The van der Waals surface area contributed by atoms with E-state index >= 15 is 0 Å². The number of aryl methyl sites for hydroxylation is 1. The summed E-state index contributed by atoms with van der Waals surface area (Å²) in [5.41, 5.74) is 4.11. The first kappa shape index (κ1) is 18.9. The number of aromatic nitrogens is 5. The van der Waals surface area contributed by atoms with Crippen molar-refractivity contribution >= 4 is 38.8 Å². The van der Waals surface area contributed by atoms with Crippen LogP contribution in [0.4, 0.5) is 0 Å². The number of hydrogen-bond acceptors (Lipinski definition) is 6. The Hall–Kier alpha value is -3.10. The highest BCUT2D eigenvalue weighted by molar-refractivity contribution is 7.16. The topological polar surface area (TPSA) is 77.3 Å². The van der Waals surface area contributed by atoms with Gasteiger partial charge in [0.25, 0.3) is 0 Å². The van der Waals surface area contributed by atoms with Crippen molar-refractivity contribution in [3.05, 3.63) is 57.7 Å². The zero-order chi connectivity index (χ0) is 20.8. The predicted octanol–water partition coefficient (Wildman–Crippen LogP) is 4.90. The molecule has 5 aromatic rings. The third-order valence-electron chi connectivity index (χ3n) is 5.10. The maximum Gasteiger partial charge on any atom is 0.234 e. The lowest BCUT2D eigenvalue weighted by Crippen LogP contribution is -1.95. The van der Waals surface area contributed by atoms with Crippen LogP contribution >= 0.6 is 22.9 Å². The number of halogens is 1. The minimum atomic E-state index is 0.569. The maximum atomic E-state index is 6.40. The summed E-state index contributed by atoms with van der Waals surface area (Å²) in [6.07, 6.45) is 0.679. The van der Waals surface area contributed by atoms with Crippen LogP contribution in [0.2, 0.25) is 5.02 Å². The van der Waals surface area contributed by atoms with Crippen LogP contribution in [-0.2, 0) is 6.42 Å². The van der Waals surface area contributed by atoms with Gasteiger partial charge in [-0.25, -0.2) is 0 Å². The quantitative estimate of drug-likeness (QED) is 0.421. The molecule has 0 aliphatic heterocycles. The second-order valence-corrected chi connectivity index (χ2v) is 8.32. The fourth-order valence-electron chi connectivity index (χ4n) is 3.57. The molecule has 0 spiro atoms. The highest BCUT2D eigenvalue weighted by Crippen LogP contribution is 2.33. The van der Waals surface area contributed by atoms with Crippen molar-refractivity contribution in [2.75, 3.05) is 14.2 Å². The van der Waals surface area contributed by atoms with Crippen molar-refractivity contribution < 1.29 is 9.47 Å². The highest BCUT2D eigenvalue weighted by Gasteiger charge is 2.18. The lowest BCUT2D eigenvalue weighted by Gasteiger charge is -2.04. The molecule has 1 N–H and O–H groups in total. The van der Waals surface area contributed by atoms with Crippen LogP contribution < -0.4 is 9.47 Å². The van der Waals surface area contributed by atoms with E-state index in [0.29, 0.717) is 28.0 Å². The van der Waals surface area contributed by atoms with Crippen LogP contribution in [0, 0.1) is 6.92 Å². The lowest BCUT2D eigenvalue weighted by atomic mass is 10.1. The standard InChI is InChI=1S/C21H18ClN5O2S/c1-11-14(15-8-13(29-3)5-7-18(15)23-11)10-19-26-27-20(24-25-21(27)30-19)16-9-12(28-2)4-6-17(16)22/h4-9,23H,10H2,1-3H3. The van der Waals surface area contributed by atoms with E-state index in [1.54, 1.807) is 24.8 Å². The fourth-order valence-corrected chi connectivity index (χ4v) is 4.61. The maximum absolute atomic E-state index is 6.40. The van der Waals surface area contributed by atoms with Crippen LogP contribution in [0.1, 0.15) is 16.3 Å². The normalized spacial score (nSPS) is 11.5. The monoisotopic (exact) mass is 439 g/mol. The first-order chi connectivity index (χ1) is 14.6. The molecule has 0 saturated heterocycles. The van der Waals surface area contributed by atoms with Gasteiger partial charge >= 0.3 is 0 Å². The van der Waals surface area contributed by atoms with Gasteiger partial charge in [-0.15, -0.1) is 10.2 Å². The zero-order valence-electron chi connectivity index (χ0n) is 16.6. The fraction of sp³-hybridized carbons (Fsp3) is 0.190. The zero-order valence-corrected chi connectivity index (χ0v) is 18.1. The van der Waals surface area contributed by atoms with Gasteiger partial charge < -0.3 is 14.5 Å². The third kappa shape index (κ3) is 3.09. The van der Waals surface area contributed by atoms with Gasteiger partial charge in [-0.1, -0.05) is 22.9 Å².